The van der Waals surface area contributed by atoms with Gasteiger partial charge in [-0.3, -0.25) is 33.6 Å². The van der Waals surface area contributed by atoms with E-state index in [1.54, 1.807) is 30.3 Å². The lowest BCUT2D eigenvalue weighted by Gasteiger charge is -2.30. The molecule has 2 aromatic carbocycles. The standard InChI is InChI=1S/C31H40N8O7/c32-30(45)24(16-22-9-5-2-6-10-22)39-14-13-34-25(40)11-12-33-23(15-21-7-3-1-4-8-21)31(46)38-19-28(43)36-17-26(41)35-18-27(42)37-20-29(39)44/h1-10,23-24,33H,11-20H2,(H2,32,45)(H,34,40)(H,35,41)(H,36,43)(H,37,42)(H,38,46)/t23-,24-/m0/s1. The highest BCUT2D eigenvalue weighted by atomic mass is 16.2. The number of nitrogens with zero attached hydrogens (tertiary/aromatic N) is 1. The van der Waals surface area contributed by atoms with Crippen LogP contribution in [0.3, 0.4) is 0 Å². The van der Waals surface area contributed by atoms with Crippen molar-refractivity contribution >= 4 is 41.4 Å². The van der Waals surface area contributed by atoms with E-state index in [9.17, 15) is 33.6 Å². The van der Waals surface area contributed by atoms with E-state index in [0.717, 1.165) is 11.1 Å². The van der Waals surface area contributed by atoms with Crippen LogP contribution in [0.4, 0.5) is 0 Å². The van der Waals surface area contributed by atoms with Crippen molar-refractivity contribution < 1.29 is 33.6 Å². The smallest absolute Gasteiger partial charge is 0.242 e. The van der Waals surface area contributed by atoms with Crippen LogP contribution in [0.2, 0.25) is 0 Å². The first-order valence-electron chi connectivity index (χ1n) is 14.9. The third kappa shape index (κ3) is 12.4. The van der Waals surface area contributed by atoms with Gasteiger partial charge in [-0.05, 0) is 17.5 Å². The zero-order valence-electron chi connectivity index (χ0n) is 25.4. The molecule has 2 atom stereocenters. The molecular formula is C31H40N8O7. The highest BCUT2D eigenvalue weighted by Gasteiger charge is 2.29. The van der Waals surface area contributed by atoms with Crippen LogP contribution < -0.4 is 37.6 Å². The fourth-order valence-electron chi connectivity index (χ4n) is 4.64. The second-order valence-electron chi connectivity index (χ2n) is 10.5. The molecule has 2 aromatic rings. The molecule has 0 radical (unpaired) electrons. The number of hydrogen-bond donors (Lipinski definition) is 7. The number of carbonyl (C=O) groups is 7. The second kappa shape index (κ2) is 18.5. The molecule has 46 heavy (non-hydrogen) atoms. The fourth-order valence-corrected chi connectivity index (χ4v) is 4.64. The number of carbonyl (C=O) groups excluding carboxylic acids is 7. The average Bonchev–Trinajstić information content (AvgIpc) is 3.05. The Kier molecular flexibility index (Phi) is 14.1. The molecular weight excluding hydrogens is 596 g/mol. The minimum atomic E-state index is -1.07. The van der Waals surface area contributed by atoms with Gasteiger partial charge < -0.3 is 42.5 Å². The minimum Gasteiger partial charge on any atom is -0.368 e. The maximum Gasteiger partial charge on any atom is 0.242 e. The van der Waals surface area contributed by atoms with E-state index < -0.39 is 73.7 Å². The molecule has 15 heteroatoms. The molecule has 1 fully saturated rings. The Hall–Kier alpha value is -5.31. The predicted octanol–water partition coefficient (Wildman–Crippen LogP) is -2.90. The van der Waals surface area contributed by atoms with Gasteiger partial charge in [0.1, 0.15) is 6.04 Å². The van der Waals surface area contributed by atoms with Crippen LogP contribution in [-0.2, 0) is 46.4 Å². The van der Waals surface area contributed by atoms with Gasteiger partial charge >= 0.3 is 0 Å². The van der Waals surface area contributed by atoms with E-state index in [-0.39, 0.29) is 44.8 Å². The summed E-state index contributed by atoms with van der Waals surface area (Å²) in [6.07, 6.45) is 0.384. The SMILES string of the molecule is NC(=O)[C@H](Cc1ccccc1)N1CCNC(=O)CCN[C@@H](Cc2ccccc2)C(=O)NCC(=O)NCC(=O)NCC(=O)NCC1=O. The lowest BCUT2D eigenvalue weighted by Crippen LogP contribution is -2.54. The van der Waals surface area contributed by atoms with Gasteiger partial charge in [0.05, 0.1) is 32.2 Å². The number of nitrogens with two attached hydrogens (primary N) is 1. The van der Waals surface area contributed by atoms with Crippen molar-refractivity contribution in [2.45, 2.75) is 31.3 Å². The van der Waals surface area contributed by atoms with Crippen LogP contribution in [0.15, 0.2) is 60.7 Å². The monoisotopic (exact) mass is 636 g/mol. The lowest BCUT2D eigenvalue weighted by molar-refractivity contribution is -0.139. The van der Waals surface area contributed by atoms with E-state index in [1.165, 1.54) is 4.90 Å². The summed E-state index contributed by atoms with van der Waals surface area (Å²) in [6, 6.07) is 16.3. The number of rotatable bonds is 6. The van der Waals surface area contributed by atoms with Crippen LogP contribution >= 0.6 is 0 Å². The Bertz CT molecular complexity index is 1370. The van der Waals surface area contributed by atoms with Crippen molar-refractivity contribution in [2.24, 2.45) is 5.73 Å². The summed E-state index contributed by atoms with van der Waals surface area (Å²) >= 11 is 0. The van der Waals surface area contributed by atoms with Crippen LogP contribution in [-0.4, -0.2) is 104 Å². The Morgan fingerprint density at radius 3 is 1.83 bits per heavy atom. The van der Waals surface area contributed by atoms with Gasteiger partial charge in [0.25, 0.3) is 0 Å². The molecule has 1 aliphatic heterocycles. The Labute approximate surface area is 266 Å². The van der Waals surface area contributed by atoms with Crippen LogP contribution in [0.5, 0.6) is 0 Å². The van der Waals surface area contributed by atoms with Crippen molar-refractivity contribution in [3.63, 3.8) is 0 Å². The molecule has 0 unspecified atom stereocenters. The maximum absolute atomic E-state index is 13.3. The maximum atomic E-state index is 13.3. The highest BCUT2D eigenvalue weighted by molar-refractivity contribution is 5.92. The van der Waals surface area contributed by atoms with Gasteiger partial charge in [-0.2, -0.15) is 0 Å². The molecule has 1 aliphatic rings. The number of nitrogens with one attached hydrogen (secondary N) is 6. The van der Waals surface area contributed by atoms with E-state index in [0.29, 0.717) is 0 Å². The topological polar surface area (TPSA) is 221 Å². The van der Waals surface area contributed by atoms with Crippen LogP contribution in [0.25, 0.3) is 0 Å². The summed E-state index contributed by atoms with van der Waals surface area (Å²) in [4.78, 5) is 89.3. The van der Waals surface area contributed by atoms with Crippen LogP contribution in [0.1, 0.15) is 17.5 Å². The first kappa shape index (κ1) is 35.2. The fraction of sp³-hybridized carbons (Fsp3) is 0.387. The molecule has 8 N–H and O–H groups in total. The summed E-state index contributed by atoms with van der Waals surface area (Å²) in [5.41, 5.74) is 7.30. The normalized spacial score (nSPS) is 19.2. The third-order valence-corrected chi connectivity index (χ3v) is 7.07. The van der Waals surface area contributed by atoms with Gasteiger partial charge in [0, 0.05) is 32.5 Å². The molecule has 0 aromatic heterocycles. The molecule has 0 aliphatic carbocycles. The molecule has 7 amide bonds. The van der Waals surface area contributed by atoms with E-state index >= 15 is 0 Å². The highest BCUT2D eigenvalue weighted by Crippen LogP contribution is 2.10. The van der Waals surface area contributed by atoms with Gasteiger partial charge in [0.15, 0.2) is 0 Å². The Balaban J connectivity index is 1.74. The van der Waals surface area contributed by atoms with Crippen molar-refractivity contribution in [3.05, 3.63) is 71.8 Å². The van der Waals surface area contributed by atoms with E-state index in [4.69, 9.17) is 5.73 Å². The minimum absolute atomic E-state index is 0.0125. The zero-order valence-corrected chi connectivity index (χ0v) is 25.4. The summed E-state index contributed by atoms with van der Waals surface area (Å²) in [6.45, 7) is -1.80. The second-order valence-corrected chi connectivity index (χ2v) is 10.5. The molecule has 1 saturated heterocycles. The molecule has 1 heterocycles. The van der Waals surface area contributed by atoms with Gasteiger partial charge in [0.2, 0.25) is 41.4 Å². The van der Waals surface area contributed by atoms with Crippen molar-refractivity contribution in [1.82, 2.24) is 36.8 Å². The number of amides is 7. The molecule has 15 nitrogen and oxygen atoms in total. The van der Waals surface area contributed by atoms with Crippen molar-refractivity contribution in [2.75, 3.05) is 45.8 Å². The molecule has 246 valence electrons. The summed E-state index contributed by atoms with van der Waals surface area (Å²) < 4.78 is 0. The Morgan fingerprint density at radius 1 is 0.696 bits per heavy atom. The Morgan fingerprint density at radius 2 is 1.24 bits per heavy atom. The summed E-state index contributed by atoms with van der Waals surface area (Å²) in [5, 5.41) is 15.4. The van der Waals surface area contributed by atoms with Crippen molar-refractivity contribution in [1.29, 1.82) is 0 Å². The number of primary amides is 1. The predicted molar refractivity (Wildman–Crippen MR) is 166 cm³/mol. The largest absolute Gasteiger partial charge is 0.368 e. The van der Waals surface area contributed by atoms with Gasteiger partial charge in [-0.15, -0.1) is 0 Å². The van der Waals surface area contributed by atoms with Crippen LogP contribution in [0, 0.1) is 0 Å². The number of hydrogen-bond acceptors (Lipinski definition) is 8. The molecule has 0 saturated carbocycles. The third-order valence-electron chi connectivity index (χ3n) is 7.07. The van der Waals surface area contributed by atoms with E-state index in [1.807, 2.05) is 30.3 Å². The molecule has 0 bridgehead atoms. The number of benzene rings is 2. The molecule has 0 spiro atoms. The zero-order chi connectivity index (χ0) is 33.3. The summed E-state index contributed by atoms with van der Waals surface area (Å²) in [5.74, 6) is -4.22. The summed E-state index contributed by atoms with van der Waals surface area (Å²) in [7, 11) is 0. The quantitative estimate of drug-likeness (QED) is 0.174. The van der Waals surface area contributed by atoms with Crippen molar-refractivity contribution in [3.8, 4) is 0 Å². The van der Waals surface area contributed by atoms with Gasteiger partial charge in [-0.1, -0.05) is 60.7 Å². The van der Waals surface area contributed by atoms with Gasteiger partial charge in [-0.25, -0.2) is 0 Å². The van der Waals surface area contributed by atoms with E-state index in [2.05, 4.69) is 31.9 Å². The first-order valence-corrected chi connectivity index (χ1v) is 14.9. The average molecular weight is 637 g/mol. The first-order chi connectivity index (χ1) is 22.1. The lowest BCUT2D eigenvalue weighted by atomic mass is 10.0. The molecule has 3 rings (SSSR count).